The fourth-order valence-corrected chi connectivity index (χ4v) is 5.17. The molecule has 0 aliphatic heterocycles. The van der Waals surface area contributed by atoms with Gasteiger partial charge in [0, 0.05) is 23.0 Å². The van der Waals surface area contributed by atoms with Crippen molar-refractivity contribution in [2.75, 3.05) is 10.6 Å². The molecule has 0 fully saturated rings. The third kappa shape index (κ3) is 8.34. The van der Waals surface area contributed by atoms with Crippen LogP contribution in [0.4, 0.5) is 64.3 Å². The lowest BCUT2D eigenvalue weighted by molar-refractivity contribution is -0.142. The van der Waals surface area contributed by atoms with E-state index in [9.17, 15) is 71.9 Å². The number of aryl methyl sites for hydroxylation is 1. The molecule has 0 unspecified atom stereocenters. The van der Waals surface area contributed by atoms with E-state index in [0.29, 0.717) is 12.1 Å². The van der Waals surface area contributed by atoms with Crippen LogP contribution < -0.4 is 21.5 Å². The molecule has 6 rings (SSSR count). The van der Waals surface area contributed by atoms with Crippen molar-refractivity contribution < 1.29 is 66.8 Å². The highest BCUT2D eigenvalue weighted by molar-refractivity contribution is 6.07. The highest BCUT2D eigenvalue weighted by Crippen LogP contribution is 2.38. The summed E-state index contributed by atoms with van der Waals surface area (Å²) in [6.45, 7) is 1.45. The molecule has 0 saturated carbocycles. The molecule has 4 N–H and O–H groups in total. The van der Waals surface area contributed by atoms with Crippen LogP contribution in [0.1, 0.15) is 49.0 Å². The van der Waals surface area contributed by atoms with Gasteiger partial charge in [-0.15, -0.1) is 0 Å². The molecule has 23 heteroatoms. The quantitative estimate of drug-likeness (QED) is 0.130. The van der Waals surface area contributed by atoms with Crippen molar-refractivity contribution in [1.82, 2.24) is 20.1 Å². The first-order chi connectivity index (χ1) is 25.9. The Kier molecular flexibility index (Phi) is 10.5. The summed E-state index contributed by atoms with van der Waals surface area (Å²) < 4.78 is 164. The van der Waals surface area contributed by atoms with Gasteiger partial charge in [-0.05, 0) is 43.3 Å². The van der Waals surface area contributed by atoms with Gasteiger partial charge in [-0.25, -0.2) is 4.98 Å². The van der Waals surface area contributed by atoms with Gasteiger partial charge >= 0.3 is 24.7 Å². The number of nitrogens with zero attached hydrogens (tertiary/aromatic N) is 2. The van der Waals surface area contributed by atoms with E-state index in [1.165, 1.54) is 37.4 Å². The topological polar surface area (TPSA) is 163 Å². The molecule has 56 heavy (non-hydrogen) atoms. The Bertz CT molecular complexity index is 2590. The number of aromatic amines is 2. The van der Waals surface area contributed by atoms with Crippen LogP contribution in [0, 0.1) is 6.92 Å². The fraction of sp³-hybridized carbons (Fsp3) is 0.152. The van der Waals surface area contributed by atoms with Crippen molar-refractivity contribution in [3.05, 3.63) is 127 Å². The Hall–Kier alpha value is -6.68. The van der Waals surface area contributed by atoms with Gasteiger partial charge < -0.3 is 25.1 Å². The first kappa shape index (κ1) is 40.5. The maximum Gasteiger partial charge on any atom is 0.432 e. The summed E-state index contributed by atoms with van der Waals surface area (Å²) in [7, 11) is 0. The molecule has 4 aromatic heterocycles. The van der Waals surface area contributed by atoms with Crippen molar-refractivity contribution in [3.8, 4) is 0 Å². The number of halogens is 12. The molecule has 0 saturated heterocycles. The van der Waals surface area contributed by atoms with Gasteiger partial charge in [-0.2, -0.15) is 52.7 Å². The molecule has 2 amide bonds. The van der Waals surface area contributed by atoms with Crippen molar-refractivity contribution >= 4 is 45.3 Å². The van der Waals surface area contributed by atoms with E-state index in [1.54, 1.807) is 9.97 Å². The predicted octanol–water partition coefficient (Wildman–Crippen LogP) is 8.33. The van der Waals surface area contributed by atoms with Crippen LogP contribution in [0.15, 0.2) is 81.0 Å². The molecule has 11 nitrogen and oxygen atoms in total. The smallest absolute Gasteiger partial charge is 0.360 e. The van der Waals surface area contributed by atoms with Crippen molar-refractivity contribution in [2.24, 2.45) is 0 Å². The lowest BCUT2D eigenvalue weighted by atomic mass is 10.0. The maximum atomic E-state index is 13.4. The molecule has 0 aliphatic carbocycles. The molecule has 0 aliphatic rings. The number of para-hydroxylation sites is 2. The number of aromatic nitrogens is 4. The predicted molar refractivity (Wildman–Crippen MR) is 171 cm³/mol. The van der Waals surface area contributed by atoms with Crippen LogP contribution in [0.3, 0.4) is 0 Å². The third-order valence-electron chi connectivity index (χ3n) is 7.48. The molecule has 294 valence electrons. The third-order valence-corrected chi connectivity index (χ3v) is 7.48. The molecule has 0 atom stereocenters. The first-order valence-electron chi connectivity index (χ1n) is 15.0. The summed E-state index contributed by atoms with van der Waals surface area (Å²) in [4.78, 5) is 56.6. The number of alkyl halides is 12. The number of hydrogen-bond acceptors (Lipinski definition) is 7. The zero-order valence-electron chi connectivity index (χ0n) is 27.3. The van der Waals surface area contributed by atoms with Crippen LogP contribution in [0.5, 0.6) is 0 Å². The normalized spacial score (nSPS) is 12.3. The van der Waals surface area contributed by atoms with Gasteiger partial charge in [0.15, 0.2) is 5.82 Å². The fourth-order valence-electron chi connectivity index (χ4n) is 5.17. The number of carbonyl (C=O) groups is 2. The lowest BCUT2D eigenvalue weighted by Crippen LogP contribution is -2.29. The first-order valence-corrected chi connectivity index (χ1v) is 15.0. The standard InChI is InChI=1S/C17H9F6N3O2.C16H9F6N3O3/c18-16(19,20)9-5-3-4-8-12(9)26-14(17(21,22)23)11(13(8)27)15(28)25-10-6-1-2-7-24-10;1-6-5-9(25-28-6)23-14(27)10-12(26)7-3-2-4-8(15(17,18)19)11(7)24-13(10)16(20,21)22/h1-7H,(H,26,27)(H,24,25,28);2-5H,1H3,(H,24,26)(H,23,25,27). The molecule has 6 aromatic rings. The molecule has 0 spiro atoms. The second-order valence-electron chi connectivity index (χ2n) is 11.3. The molecule has 0 radical (unpaired) electrons. The summed E-state index contributed by atoms with van der Waals surface area (Å²) in [5, 5.41) is 5.93. The SMILES string of the molecule is Cc1cc(NC(=O)c2c(C(F)(F)F)[nH]c3c(C(F)(F)F)cccc3c2=O)no1.O=C(Nc1ccccn1)c1c(C(F)(F)F)[nH]c2c(C(F)(F)F)cccc2c1=O. The van der Waals surface area contributed by atoms with Crippen LogP contribution >= 0.6 is 0 Å². The summed E-state index contributed by atoms with van der Waals surface area (Å²) in [5.41, 5.74) is -14.6. The minimum absolute atomic E-state index is 0.135. The van der Waals surface area contributed by atoms with E-state index in [4.69, 9.17) is 0 Å². The minimum atomic E-state index is -5.31. The number of fused-ring (bicyclic) bond motifs is 2. The summed E-state index contributed by atoms with van der Waals surface area (Å²) in [6, 6.07) is 9.95. The highest BCUT2D eigenvalue weighted by atomic mass is 19.4. The number of anilines is 2. The number of pyridine rings is 3. The van der Waals surface area contributed by atoms with Crippen molar-refractivity contribution in [3.63, 3.8) is 0 Å². The Morgan fingerprint density at radius 1 is 0.607 bits per heavy atom. The average molecular weight is 807 g/mol. The van der Waals surface area contributed by atoms with Crippen LogP contribution in [-0.4, -0.2) is 31.9 Å². The summed E-state index contributed by atoms with van der Waals surface area (Å²) in [5.74, 6) is -3.12. The molecule has 2 aromatic carbocycles. The molecular formula is C33H18F12N6O5. The number of amides is 2. The number of nitrogens with one attached hydrogen (secondary N) is 4. The summed E-state index contributed by atoms with van der Waals surface area (Å²) in [6.07, 6.45) is -19.4. The van der Waals surface area contributed by atoms with Gasteiger partial charge in [-0.1, -0.05) is 23.4 Å². The van der Waals surface area contributed by atoms with E-state index >= 15 is 0 Å². The maximum absolute atomic E-state index is 13.4. The van der Waals surface area contributed by atoms with Gasteiger partial charge in [-0.3, -0.25) is 19.2 Å². The zero-order valence-corrected chi connectivity index (χ0v) is 27.3. The average Bonchev–Trinajstić information content (AvgIpc) is 3.50. The van der Waals surface area contributed by atoms with Crippen LogP contribution in [0.2, 0.25) is 0 Å². The van der Waals surface area contributed by atoms with Gasteiger partial charge in [0.1, 0.15) is 34.1 Å². The van der Waals surface area contributed by atoms with Crippen LogP contribution in [-0.2, 0) is 24.7 Å². The lowest BCUT2D eigenvalue weighted by Gasteiger charge is -2.16. The number of carbonyl (C=O) groups excluding carboxylic acids is 2. The Balaban J connectivity index is 0.000000214. The van der Waals surface area contributed by atoms with E-state index in [-0.39, 0.29) is 17.4 Å². The zero-order chi connectivity index (χ0) is 41.5. The van der Waals surface area contributed by atoms with Crippen molar-refractivity contribution in [1.29, 1.82) is 0 Å². The second-order valence-corrected chi connectivity index (χ2v) is 11.3. The molecule has 0 bridgehead atoms. The van der Waals surface area contributed by atoms with E-state index < -0.39 is 103 Å². The Morgan fingerprint density at radius 3 is 1.41 bits per heavy atom. The number of hydrogen-bond donors (Lipinski definition) is 4. The largest absolute Gasteiger partial charge is 0.432 e. The van der Waals surface area contributed by atoms with E-state index in [0.717, 1.165) is 24.3 Å². The Morgan fingerprint density at radius 2 is 1.05 bits per heavy atom. The molecular weight excluding hydrogens is 788 g/mol. The monoisotopic (exact) mass is 806 g/mol. The van der Waals surface area contributed by atoms with Gasteiger partial charge in [0.2, 0.25) is 10.9 Å². The van der Waals surface area contributed by atoms with Crippen LogP contribution in [0.25, 0.3) is 21.8 Å². The van der Waals surface area contributed by atoms with Crippen molar-refractivity contribution in [2.45, 2.75) is 31.6 Å². The highest BCUT2D eigenvalue weighted by Gasteiger charge is 2.42. The van der Waals surface area contributed by atoms with Gasteiger partial charge in [0.25, 0.3) is 11.8 Å². The second kappa shape index (κ2) is 14.5. The minimum Gasteiger partial charge on any atom is -0.360 e. The number of rotatable bonds is 4. The van der Waals surface area contributed by atoms with E-state index in [2.05, 4.69) is 14.7 Å². The summed E-state index contributed by atoms with van der Waals surface area (Å²) >= 11 is 0. The molecule has 4 heterocycles. The number of H-pyrrole nitrogens is 2. The van der Waals surface area contributed by atoms with Gasteiger partial charge in [0.05, 0.1) is 22.2 Å². The van der Waals surface area contributed by atoms with E-state index in [1.807, 2.05) is 10.6 Å². The Labute approximate surface area is 301 Å². The number of benzene rings is 2.